The van der Waals surface area contributed by atoms with E-state index in [2.05, 4.69) is 26.1 Å². The molecule has 1 aromatic rings. The van der Waals surface area contributed by atoms with E-state index in [1.165, 1.54) is 6.21 Å². The Hall–Kier alpha value is -0.900. The van der Waals surface area contributed by atoms with Crippen molar-refractivity contribution in [2.45, 2.75) is 6.92 Å². The third-order valence-corrected chi connectivity index (χ3v) is 1.55. The van der Waals surface area contributed by atoms with Crippen LogP contribution in [-0.2, 0) is 0 Å². The maximum absolute atomic E-state index is 8.22. The lowest BCUT2D eigenvalue weighted by molar-refractivity contribution is 0.321. The van der Waals surface area contributed by atoms with E-state index in [1.807, 2.05) is 19.1 Å². The van der Waals surface area contributed by atoms with Crippen molar-refractivity contribution < 1.29 is 5.21 Å². The van der Waals surface area contributed by atoms with Crippen LogP contribution < -0.4 is 0 Å². The van der Waals surface area contributed by atoms with Gasteiger partial charge >= 0.3 is 0 Å². The summed E-state index contributed by atoms with van der Waals surface area (Å²) in [6, 6.07) is 3.71. The van der Waals surface area contributed by atoms with Gasteiger partial charge in [-0.1, -0.05) is 5.16 Å². The first-order valence-electron chi connectivity index (χ1n) is 3.04. The fourth-order valence-electron chi connectivity index (χ4n) is 0.776. The van der Waals surface area contributed by atoms with Gasteiger partial charge < -0.3 is 5.21 Å². The summed E-state index contributed by atoms with van der Waals surface area (Å²) in [5.41, 5.74) is 1.71. The Morgan fingerprint density at radius 1 is 1.64 bits per heavy atom. The van der Waals surface area contributed by atoms with Gasteiger partial charge in [-0.3, -0.25) is 0 Å². The molecule has 0 aliphatic heterocycles. The van der Waals surface area contributed by atoms with Crippen molar-refractivity contribution in [2.24, 2.45) is 5.16 Å². The zero-order chi connectivity index (χ0) is 8.27. The van der Waals surface area contributed by atoms with E-state index in [9.17, 15) is 0 Å². The minimum Gasteiger partial charge on any atom is -0.411 e. The van der Waals surface area contributed by atoms with E-state index >= 15 is 0 Å². The van der Waals surface area contributed by atoms with Gasteiger partial charge in [0, 0.05) is 0 Å². The number of oxime groups is 1. The summed E-state index contributed by atoms with van der Waals surface area (Å²) < 4.78 is 0.743. The molecule has 1 N–H and O–H groups in total. The summed E-state index contributed by atoms with van der Waals surface area (Å²) in [6.45, 7) is 1.95. The standard InChI is InChI=1S/C7H7BrN2O/c1-5-2-6(4-9-11)10-7(8)3-5/h2-4,11H,1H3. The summed E-state index contributed by atoms with van der Waals surface area (Å²) in [4.78, 5) is 4.03. The molecule has 4 heteroatoms. The second kappa shape index (κ2) is 3.48. The molecule has 0 aliphatic carbocycles. The first kappa shape index (κ1) is 8.20. The molecular weight excluding hydrogens is 208 g/mol. The highest BCUT2D eigenvalue weighted by molar-refractivity contribution is 9.10. The molecule has 3 nitrogen and oxygen atoms in total. The van der Waals surface area contributed by atoms with Gasteiger partial charge in [0.2, 0.25) is 0 Å². The number of nitrogens with zero attached hydrogens (tertiary/aromatic N) is 2. The Kier molecular flexibility index (Phi) is 2.59. The van der Waals surface area contributed by atoms with Crippen LogP contribution in [0.4, 0.5) is 0 Å². The largest absolute Gasteiger partial charge is 0.411 e. The summed E-state index contributed by atoms with van der Waals surface area (Å²) in [7, 11) is 0. The Balaban J connectivity index is 3.08. The molecule has 0 aromatic carbocycles. The highest BCUT2D eigenvalue weighted by Crippen LogP contribution is 2.09. The van der Waals surface area contributed by atoms with Gasteiger partial charge in [-0.2, -0.15) is 0 Å². The van der Waals surface area contributed by atoms with Crippen molar-refractivity contribution in [3.63, 3.8) is 0 Å². The zero-order valence-corrected chi connectivity index (χ0v) is 7.54. The first-order chi connectivity index (χ1) is 5.22. The molecule has 58 valence electrons. The molecule has 0 atom stereocenters. The molecule has 0 bridgehead atoms. The fraction of sp³-hybridized carbons (Fsp3) is 0.143. The Labute approximate surface area is 72.9 Å². The lowest BCUT2D eigenvalue weighted by atomic mass is 10.2. The first-order valence-corrected chi connectivity index (χ1v) is 3.83. The van der Waals surface area contributed by atoms with Crippen LogP contribution in [0.3, 0.4) is 0 Å². The van der Waals surface area contributed by atoms with Crippen LogP contribution in [0.5, 0.6) is 0 Å². The highest BCUT2D eigenvalue weighted by atomic mass is 79.9. The second-order valence-corrected chi connectivity index (χ2v) is 2.95. The Morgan fingerprint density at radius 2 is 2.36 bits per heavy atom. The smallest absolute Gasteiger partial charge is 0.107 e. The molecule has 0 spiro atoms. The predicted molar refractivity (Wildman–Crippen MR) is 46.1 cm³/mol. The van der Waals surface area contributed by atoms with Crippen molar-refractivity contribution in [2.75, 3.05) is 0 Å². The van der Waals surface area contributed by atoms with Crippen molar-refractivity contribution in [1.82, 2.24) is 4.98 Å². The van der Waals surface area contributed by atoms with Gasteiger partial charge in [0.05, 0.1) is 11.9 Å². The molecule has 1 rings (SSSR count). The average Bonchev–Trinajstić information content (AvgIpc) is 1.85. The Bertz CT molecular complexity index is 266. The molecule has 1 aromatic heterocycles. The minimum atomic E-state index is 0.638. The van der Waals surface area contributed by atoms with E-state index in [0.29, 0.717) is 5.69 Å². The maximum Gasteiger partial charge on any atom is 0.107 e. The van der Waals surface area contributed by atoms with Gasteiger partial charge in [0.1, 0.15) is 4.60 Å². The summed E-state index contributed by atoms with van der Waals surface area (Å²) >= 11 is 3.23. The number of pyridine rings is 1. The van der Waals surface area contributed by atoms with Crippen LogP contribution in [0, 0.1) is 6.92 Å². The minimum absolute atomic E-state index is 0.638. The monoisotopic (exact) mass is 214 g/mol. The zero-order valence-electron chi connectivity index (χ0n) is 5.95. The summed E-state index contributed by atoms with van der Waals surface area (Å²) in [6.07, 6.45) is 1.29. The number of hydrogen-bond donors (Lipinski definition) is 1. The van der Waals surface area contributed by atoms with Crippen LogP contribution in [0.25, 0.3) is 0 Å². The summed E-state index contributed by atoms with van der Waals surface area (Å²) in [5.74, 6) is 0. The van der Waals surface area contributed by atoms with Crippen molar-refractivity contribution in [1.29, 1.82) is 0 Å². The second-order valence-electron chi connectivity index (χ2n) is 2.14. The van der Waals surface area contributed by atoms with Gasteiger partial charge in [0.15, 0.2) is 0 Å². The van der Waals surface area contributed by atoms with E-state index < -0.39 is 0 Å². The molecule has 0 saturated heterocycles. The van der Waals surface area contributed by atoms with E-state index in [0.717, 1.165) is 10.2 Å². The Morgan fingerprint density at radius 3 is 2.91 bits per heavy atom. The number of rotatable bonds is 1. The topological polar surface area (TPSA) is 45.5 Å². The van der Waals surface area contributed by atoms with Gasteiger partial charge in [-0.05, 0) is 40.5 Å². The van der Waals surface area contributed by atoms with E-state index in [1.54, 1.807) is 0 Å². The SMILES string of the molecule is Cc1cc(Br)nc(C=NO)c1. The molecule has 0 aliphatic rings. The molecule has 0 radical (unpaired) electrons. The van der Waals surface area contributed by atoms with Crippen LogP contribution >= 0.6 is 15.9 Å². The normalized spacial score (nSPS) is 10.7. The van der Waals surface area contributed by atoms with Crippen LogP contribution in [0.1, 0.15) is 11.3 Å². The molecule has 0 amide bonds. The number of halogens is 1. The van der Waals surface area contributed by atoms with Crippen molar-refractivity contribution in [3.8, 4) is 0 Å². The average molecular weight is 215 g/mol. The van der Waals surface area contributed by atoms with Crippen LogP contribution in [-0.4, -0.2) is 16.4 Å². The van der Waals surface area contributed by atoms with Gasteiger partial charge in [-0.25, -0.2) is 4.98 Å². The van der Waals surface area contributed by atoms with Gasteiger partial charge in [0.25, 0.3) is 0 Å². The van der Waals surface area contributed by atoms with E-state index in [4.69, 9.17) is 5.21 Å². The third kappa shape index (κ3) is 2.31. The fourth-order valence-corrected chi connectivity index (χ4v) is 1.34. The summed E-state index contributed by atoms with van der Waals surface area (Å²) in [5, 5.41) is 11.1. The number of aryl methyl sites for hydroxylation is 1. The van der Waals surface area contributed by atoms with Crippen molar-refractivity contribution in [3.05, 3.63) is 28.0 Å². The maximum atomic E-state index is 8.22. The molecular formula is C7H7BrN2O. The molecule has 1 heterocycles. The molecule has 11 heavy (non-hydrogen) atoms. The lowest BCUT2D eigenvalue weighted by Crippen LogP contribution is -1.89. The number of aromatic nitrogens is 1. The van der Waals surface area contributed by atoms with Gasteiger partial charge in [-0.15, -0.1) is 0 Å². The van der Waals surface area contributed by atoms with Crippen LogP contribution in [0.15, 0.2) is 21.9 Å². The van der Waals surface area contributed by atoms with Crippen LogP contribution in [0.2, 0.25) is 0 Å². The lowest BCUT2D eigenvalue weighted by Gasteiger charge is -1.95. The van der Waals surface area contributed by atoms with E-state index in [-0.39, 0.29) is 0 Å². The van der Waals surface area contributed by atoms with Crippen molar-refractivity contribution >= 4 is 22.1 Å². The molecule has 0 saturated carbocycles. The third-order valence-electron chi connectivity index (χ3n) is 1.15. The quantitative estimate of drug-likeness (QED) is 0.337. The predicted octanol–water partition coefficient (Wildman–Crippen LogP) is 1.96. The molecule has 0 fully saturated rings. The number of hydrogen-bond acceptors (Lipinski definition) is 3. The molecule has 0 unspecified atom stereocenters. The highest BCUT2D eigenvalue weighted by Gasteiger charge is 1.94.